The van der Waals surface area contributed by atoms with Crippen molar-refractivity contribution >= 4 is 6.03 Å². The molecular weight excluding hydrogens is 389 g/mol. The van der Waals surface area contributed by atoms with E-state index in [2.05, 4.69) is 22.5 Å². The zero-order valence-corrected chi connectivity index (χ0v) is 18.9. The van der Waals surface area contributed by atoms with Gasteiger partial charge in [0.2, 0.25) is 0 Å². The fourth-order valence-electron chi connectivity index (χ4n) is 5.05. The highest BCUT2D eigenvalue weighted by Gasteiger charge is 2.36. The molecule has 3 aliphatic rings. The monoisotopic (exact) mass is 423 g/mol. The van der Waals surface area contributed by atoms with Gasteiger partial charge >= 0.3 is 6.03 Å². The van der Waals surface area contributed by atoms with Crippen LogP contribution in [-0.4, -0.2) is 36.1 Å². The van der Waals surface area contributed by atoms with Crippen LogP contribution < -0.4 is 10.6 Å². The van der Waals surface area contributed by atoms with Crippen LogP contribution >= 0.6 is 0 Å². The second-order valence-electron chi connectivity index (χ2n) is 10.1. The van der Waals surface area contributed by atoms with Gasteiger partial charge in [-0.3, -0.25) is 0 Å². The van der Waals surface area contributed by atoms with Gasteiger partial charge in [0.25, 0.3) is 0 Å². The molecule has 5 rings (SSSR count). The van der Waals surface area contributed by atoms with E-state index < -0.39 is 5.54 Å². The number of benzene rings is 2. The largest absolute Gasteiger partial charge is 0.333 e. The topological polar surface area (TPSA) is 44.4 Å². The number of hydrogen-bond acceptors (Lipinski definition) is 2. The summed E-state index contributed by atoms with van der Waals surface area (Å²) in [6.07, 6.45) is 4.53. The maximum absolute atomic E-state index is 13.2. The minimum atomic E-state index is -0.508. The van der Waals surface area contributed by atoms with Crippen molar-refractivity contribution in [3.63, 3.8) is 0 Å². The first kappa shape index (κ1) is 21.8. The zero-order valence-electron chi connectivity index (χ0n) is 18.9. The molecule has 0 saturated carbocycles. The van der Waals surface area contributed by atoms with Gasteiger partial charge in [-0.15, -0.1) is 0 Å². The van der Waals surface area contributed by atoms with E-state index in [9.17, 15) is 9.18 Å². The van der Waals surface area contributed by atoms with Crippen LogP contribution in [0.3, 0.4) is 0 Å². The van der Waals surface area contributed by atoms with Crippen LogP contribution in [-0.2, 0) is 5.54 Å². The average Bonchev–Trinajstić information content (AvgIpc) is 2.72. The molecule has 2 amide bonds. The van der Waals surface area contributed by atoms with E-state index >= 15 is 0 Å². The highest BCUT2D eigenvalue weighted by molar-refractivity contribution is 5.76. The summed E-state index contributed by atoms with van der Waals surface area (Å²) in [5.74, 6) is 0.466. The van der Waals surface area contributed by atoms with E-state index in [0.717, 1.165) is 36.1 Å². The van der Waals surface area contributed by atoms with Crippen molar-refractivity contribution in [1.29, 1.82) is 0 Å². The normalized spacial score (nSPS) is 26.1. The molecule has 3 saturated heterocycles. The Bertz CT molecular complexity index is 901. The summed E-state index contributed by atoms with van der Waals surface area (Å²) in [6.45, 7) is 9.69. The lowest BCUT2D eigenvalue weighted by Gasteiger charge is -2.43. The van der Waals surface area contributed by atoms with E-state index in [1.54, 1.807) is 12.1 Å². The summed E-state index contributed by atoms with van der Waals surface area (Å²) in [5, 5.41) is 6.48. The van der Waals surface area contributed by atoms with Crippen molar-refractivity contribution in [2.24, 2.45) is 5.92 Å². The number of hydrogen-bond donors (Lipinski definition) is 2. The van der Waals surface area contributed by atoms with E-state index in [1.165, 1.54) is 38.1 Å². The average molecular weight is 424 g/mol. The molecule has 0 radical (unpaired) electrons. The minimum Gasteiger partial charge on any atom is -0.333 e. The predicted molar refractivity (Wildman–Crippen MR) is 123 cm³/mol. The highest BCUT2D eigenvalue weighted by atomic mass is 19.1. The fraction of sp³-hybridized carbons (Fsp3) is 0.500. The molecule has 2 bridgehead atoms. The number of carbonyl (C=O) groups excluding carboxylic acids is 1. The maximum Gasteiger partial charge on any atom is 0.315 e. The maximum atomic E-state index is 13.2. The van der Waals surface area contributed by atoms with Crippen molar-refractivity contribution < 1.29 is 9.18 Å². The third-order valence-corrected chi connectivity index (χ3v) is 7.05. The lowest BCUT2D eigenvalue weighted by molar-refractivity contribution is 0.103. The van der Waals surface area contributed by atoms with Crippen LogP contribution in [0.4, 0.5) is 9.18 Å². The number of urea groups is 1. The summed E-state index contributed by atoms with van der Waals surface area (Å²) >= 11 is 0. The number of nitrogens with zero attached hydrogens (tertiary/aromatic N) is 1. The summed E-state index contributed by atoms with van der Waals surface area (Å²) in [5.41, 5.74) is 2.35. The second kappa shape index (κ2) is 8.62. The number of halogens is 1. The third-order valence-electron chi connectivity index (χ3n) is 7.05. The van der Waals surface area contributed by atoms with E-state index in [0.29, 0.717) is 5.92 Å². The lowest BCUT2D eigenvalue weighted by Crippen LogP contribution is -2.57. The first-order chi connectivity index (χ1) is 14.7. The molecule has 4 nitrogen and oxygen atoms in total. The molecule has 1 atom stereocenters. The van der Waals surface area contributed by atoms with Gasteiger partial charge < -0.3 is 15.5 Å². The van der Waals surface area contributed by atoms with Gasteiger partial charge in [0, 0.05) is 12.1 Å². The Labute approximate surface area is 185 Å². The van der Waals surface area contributed by atoms with Crippen molar-refractivity contribution in [3.05, 3.63) is 59.9 Å². The molecule has 5 heteroatoms. The van der Waals surface area contributed by atoms with Crippen LogP contribution in [0, 0.1) is 11.7 Å². The standard InChI is InChI=1S/C26H34FN3O/c1-25(2,22-8-4-20(5-9-22)21-6-10-23(27)11-7-21)28-24(31)29-26(3)14-17-30-15-12-19(18-26)13-16-30/h4-11,19H,12-18H2,1-3H3,(H2,28,29,31). The van der Waals surface area contributed by atoms with Crippen molar-refractivity contribution in [2.45, 2.75) is 57.5 Å². The lowest BCUT2D eigenvalue weighted by atomic mass is 9.79. The number of piperidine rings is 1. The number of carbonyl (C=O) groups is 1. The molecular formula is C26H34FN3O. The molecule has 2 aromatic carbocycles. The molecule has 31 heavy (non-hydrogen) atoms. The van der Waals surface area contributed by atoms with Crippen LogP contribution in [0.2, 0.25) is 0 Å². The Kier molecular flexibility index (Phi) is 6.07. The number of rotatable bonds is 4. The molecule has 1 unspecified atom stereocenters. The molecule has 0 aromatic heterocycles. The number of nitrogens with one attached hydrogen (secondary N) is 2. The Balaban J connectivity index is 1.40. The first-order valence-electron chi connectivity index (χ1n) is 11.4. The van der Waals surface area contributed by atoms with E-state index in [1.807, 2.05) is 38.1 Å². The van der Waals surface area contributed by atoms with Gasteiger partial charge in [0.1, 0.15) is 5.82 Å². The zero-order chi connectivity index (χ0) is 22.1. The molecule has 2 aromatic rings. The Morgan fingerprint density at radius 3 is 2.19 bits per heavy atom. The van der Waals surface area contributed by atoms with Gasteiger partial charge in [-0.1, -0.05) is 36.4 Å². The van der Waals surface area contributed by atoms with Crippen LogP contribution in [0.25, 0.3) is 11.1 Å². The molecule has 3 heterocycles. The smallest absolute Gasteiger partial charge is 0.315 e. The Morgan fingerprint density at radius 1 is 1.00 bits per heavy atom. The molecule has 3 aliphatic heterocycles. The Morgan fingerprint density at radius 2 is 1.58 bits per heavy atom. The molecule has 0 spiro atoms. The van der Waals surface area contributed by atoms with Crippen LogP contribution in [0.1, 0.15) is 52.0 Å². The predicted octanol–water partition coefficient (Wildman–Crippen LogP) is 5.29. The van der Waals surface area contributed by atoms with E-state index in [4.69, 9.17) is 0 Å². The Hall–Kier alpha value is -2.40. The van der Waals surface area contributed by atoms with Gasteiger partial charge in [-0.2, -0.15) is 0 Å². The first-order valence-corrected chi connectivity index (χ1v) is 11.4. The highest BCUT2D eigenvalue weighted by Crippen LogP contribution is 2.32. The molecule has 3 fully saturated rings. The quantitative estimate of drug-likeness (QED) is 0.702. The van der Waals surface area contributed by atoms with Gasteiger partial charge in [-0.05, 0) is 94.3 Å². The summed E-state index contributed by atoms with van der Waals surface area (Å²) in [6, 6.07) is 14.5. The number of amides is 2. The number of fused-ring (bicyclic) bond motifs is 5. The van der Waals surface area contributed by atoms with Crippen LogP contribution in [0.15, 0.2) is 48.5 Å². The van der Waals surface area contributed by atoms with Crippen molar-refractivity contribution in [2.75, 3.05) is 19.6 Å². The van der Waals surface area contributed by atoms with E-state index in [-0.39, 0.29) is 17.4 Å². The molecule has 166 valence electrons. The fourth-order valence-corrected chi connectivity index (χ4v) is 5.05. The van der Waals surface area contributed by atoms with Crippen molar-refractivity contribution in [1.82, 2.24) is 15.5 Å². The summed E-state index contributed by atoms with van der Waals surface area (Å²) in [4.78, 5) is 15.5. The second-order valence-corrected chi connectivity index (χ2v) is 10.1. The molecule has 2 N–H and O–H groups in total. The minimum absolute atomic E-state index is 0.110. The summed E-state index contributed by atoms with van der Waals surface area (Å²) < 4.78 is 13.2. The van der Waals surface area contributed by atoms with Crippen LogP contribution in [0.5, 0.6) is 0 Å². The van der Waals surface area contributed by atoms with Gasteiger partial charge in [0.15, 0.2) is 0 Å². The van der Waals surface area contributed by atoms with Crippen molar-refractivity contribution in [3.8, 4) is 11.1 Å². The van der Waals surface area contributed by atoms with Gasteiger partial charge in [0.05, 0.1) is 5.54 Å². The summed E-state index contributed by atoms with van der Waals surface area (Å²) in [7, 11) is 0. The third kappa shape index (κ3) is 5.27. The molecule has 0 aliphatic carbocycles. The van der Waals surface area contributed by atoms with Gasteiger partial charge in [-0.25, -0.2) is 9.18 Å². The SMILES string of the molecule is CC1(NC(=O)NC(C)(C)c2ccc(-c3ccc(F)cc3)cc2)CCN2CCC(CC2)C1.